The SMILES string of the molecule is CCCCOc1ccc(C2C(=C(O)c3ccc(OCc4cccc(C)c4)cc3)C(=O)C(=O)N2CCOC)cc1OC. The third kappa shape index (κ3) is 6.89. The molecule has 1 atom stereocenters. The molecular weight excluding hydrogens is 522 g/mol. The molecule has 0 radical (unpaired) electrons. The molecule has 0 bridgehead atoms. The van der Waals surface area contributed by atoms with Crippen LogP contribution >= 0.6 is 0 Å². The van der Waals surface area contributed by atoms with Crippen LogP contribution in [0.15, 0.2) is 72.3 Å². The Morgan fingerprint density at radius 1 is 0.927 bits per heavy atom. The average molecular weight is 560 g/mol. The minimum Gasteiger partial charge on any atom is -0.507 e. The Morgan fingerprint density at radius 2 is 1.71 bits per heavy atom. The third-order valence-electron chi connectivity index (χ3n) is 6.95. The molecule has 1 heterocycles. The van der Waals surface area contributed by atoms with E-state index in [9.17, 15) is 14.7 Å². The van der Waals surface area contributed by atoms with Gasteiger partial charge in [0.25, 0.3) is 11.7 Å². The van der Waals surface area contributed by atoms with Gasteiger partial charge in [-0.3, -0.25) is 9.59 Å². The zero-order valence-corrected chi connectivity index (χ0v) is 24.0. The van der Waals surface area contributed by atoms with Gasteiger partial charge >= 0.3 is 0 Å². The Kier molecular flexibility index (Phi) is 10.0. The van der Waals surface area contributed by atoms with Gasteiger partial charge < -0.3 is 29.0 Å². The smallest absolute Gasteiger partial charge is 0.295 e. The molecular formula is C33H37NO7. The van der Waals surface area contributed by atoms with Crippen LogP contribution < -0.4 is 14.2 Å². The number of rotatable bonds is 13. The highest BCUT2D eigenvalue weighted by atomic mass is 16.5. The maximum atomic E-state index is 13.3. The van der Waals surface area contributed by atoms with Crippen LogP contribution in [0.3, 0.4) is 0 Å². The minimum atomic E-state index is -0.832. The van der Waals surface area contributed by atoms with Gasteiger partial charge in [0.15, 0.2) is 11.5 Å². The number of amides is 1. The number of unbranched alkanes of at least 4 members (excludes halogenated alkanes) is 1. The van der Waals surface area contributed by atoms with Gasteiger partial charge in [-0.2, -0.15) is 0 Å². The van der Waals surface area contributed by atoms with Crippen molar-refractivity contribution in [2.24, 2.45) is 0 Å². The highest BCUT2D eigenvalue weighted by Gasteiger charge is 2.46. The predicted octanol–water partition coefficient (Wildman–Crippen LogP) is 5.83. The van der Waals surface area contributed by atoms with Gasteiger partial charge in [-0.25, -0.2) is 0 Å². The first-order valence-corrected chi connectivity index (χ1v) is 13.7. The fourth-order valence-corrected chi connectivity index (χ4v) is 4.78. The van der Waals surface area contributed by atoms with Gasteiger partial charge in [-0.05, 0) is 60.9 Å². The first-order chi connectivity index (χ1) is 19.9. The number of hydrogen-bond acceptors (Lipinski definition) is 7. The number of methoxy groups -OCH3 is 2. The summed E-state index contributed by atoms with van der Waals surface area (Å²) in [6.07, 6.45) is 1.90. The summed E-state index contributed by atoms with van der Waals surface area (Å²) in [5, 5.41) is 11.4. The van der Waals surface area contributed by atoms with Crippen molar-refractivity contribution in [2.75, 3.05) is 34.0 Å². The number of likely N-dealkylation sites (tertiary alicyclic amines) is 1. The molecule has 8 nitrogen and oxygen atoms in total. The normalized spacial score (nSPS) is 16.2. The van der Waals surface area contributed by atoms with Crippen LogP contribution in [0, 0.1) is 6.92 Å². The average Bonchev–Trinajstić information content (AvgIpc) is 3.24. The van der Waals surface area contributed by atoms with Crippen LogP contribution in [0.1, 0.15) is 48.1 Å². The molecule has 1 aliphatic rings. The van der Waals surface area contributed by atoms with Crippen molar-refractivity contribution < 1.29 is 33.6 Å². The lowest BCUT2D eigenvalue weighted by Gasteiger charge is -2.25. The lowest BCUT2D eigenvalue weighted by Crippen LogP contribution is -2.32. The summed E-state index contributed by atoms with van der Waals surface area (Å²) >= 11 is 0. The molecule has 8 heteroatoms. The van der Waals surface area contributed by atoms with Crippen molar-refractivity contribution in [3.05, 3.63) is 94.6 Å². The molecule has 0 saturated carbocycles. The molecule has 1 amide bonds. The summed E-state index contributed by atoms with van der Waals surface area (Å²) in [5.74, 6) is -0.0605. The van der Waals surface area contributed by atoms with E-state index >= 15 is 0 Å². The van der Waals surface area contributed by atoms with E-state index in [0.717, 1.165) is 24.0 Å². The molecule has 1 saturated heterocycles. The Morgan fingerprint density at radius 3 is 2.39 bits per heavy atom. The molecule has 1 fully saturated rings. The van der Waals surface area contributed by atoms with Crippen LogP contribution in [0.4, 0.5) is 0 Å². The van der Waals surface area contributed by atoms with Gasteiger partial charge in [0, 0.05) is 19.2 Å². The largest absolute Gasteiger partial charge is 0.507 e. The summed E-state index contributed by atoms with van der Waals surface area (Å²) in [6.45, 7) is 5.45. The monoisotopic (exact) mass is 559 g/mol. The van der Waals surface area contributed by atoms with Gasteiger partial charge in [-0.1, -0.05) is 49.2 Å². The van der Waals surface area contributed by atoms with E-state index in [1.165, 1.54) is 19.1 Å². The molecule has 1 aliphatic heterocycles. The van der Waals surface area contributed by atoms with E-state index in [2.05, 4.69) is 13.0 Å². The zero-order valence-electron chi connectivity index (χ0n) is 24.0. The fraction of sp³-hybridized carbons (Fsp3) is 0.333. The summed E-state index contributed by atoms with van der Waals surface area (Å²) < 4.78 is 22.5. The maximum Gasteiger partial charge on any atom is 0.295 e. The number of nitrogens with zero attached hydrogens (tertiary/aromatic N) is 1. The summed E-state index contributed by atoms with van der Waals surface area (Å²) in [5.41, 5.74) is 3.21. The van der Waals surface area contributed by atoms with Crippen molar-refractivity contribution in [3.63, 3.8) is 0 Å². The summed E-state index contributed by atoms with van der Waals surface area (Å²) in [4.78, 5) is 27.9. The second kappa shape index (κ2) is 13.9. The van der Waals surface area contributed by atoms with E-state index in [-0.39, 0.29) is 24.5 Å². The molecule has 0 aliphatic carbocycles. The van der Waals surface area contributed by atoms with Crippen LogP contribution in [0.5, 0.6) is 17.2 Å². The summed E-state index contributed by atoms with van der Waals surface area (Å²) in [6, 6.07) is 19.3. The number of benzene rings is 3. The van der Waals surface area contributed by atoms with E-state index in [0.29, 0.717) is 41.6 Å². The number of carbonyl (C=O) groups is 2. The molecule has 1 N–H and O–H groups in total. The predicted molar refractivity (Wildman–Crippen MR) is 156 cm³/mol. The van der Waals surface area contributed by atoms with Gasteiger partial charge in [0.2, 0.25) is 0 Å². The molecule has 3 aromatic rings. The Labute approximate surface area is 241 Å². The van der Waals surface area contributed by atoms with E-state index in [1.807, 2.05) is 25.1 Å². The molecule has 216 valence electrons. The number of aryl methyl sites for hydroxylation is 1. The molecule has 0 spiro atoms. The molecule has 3 aromatic carbocycles. The second-order valence-corrected chi connectivity index (χ2v) is 9.90. The highest BCUT2D eigenvalue weighted by Crippen LogP contribution is 2.42. The van der Waals surface area contributed by atoms with Crippen LogP contribution in [0.2, 0.25) is 0 Å². The molecule has 0 aromatic heterocycles. The first kappa shape index (κ1) is 29.7. The lowest BCUT2D eigenvalue weighted by atomic mass is 9.95. The molecule has 1 unspecified atom stereocenters. The Balaban J connectivity index is 1.66. The standard InChI is InChI=1S/C33H37NO7/c1-5-6-17-40-27-15-12-25(20-28(27)39-4)30-29(32(36)33(37)34(30)16-18-38-3)31(35)24-10-13-26(14-11-24)41-21-23-9-7-8-22(2)19-23/h7-15,19-20,30,35H,5-6,16-18,21H2,1-4H3. The van der Waals surface area contributed by atoms with Crippen LogP contribution in [0.25, 0.3) is 5.76 Å². The van der Waals surface area contributed by atoms with Crippen LogP contribution in [-0.2, 0) is 20.9 Å². The van der Waals surface area contributed by atoms with Crippen molar-refractivity contribution in [3.8, 4) is 17.2 Å². The van der Waals surface area contributed by atoms with Crippen molar-refractivity contribution >= 4 is 17.4 Å². The summed E-state index contributed by atoms with van der Waals surface area (Å²) in [7, 11) is 3.07. The number of hydrogen-bond donors (Lipinski definition) is 1. The van der Waals surface area contributed by atoms with Crippen LogP contribution in [-0.4, -0.2) is 55.7 Å². The van der Waals surface area contributed by atoms with E-state index in [4.69, 9.17) is 18.9 Å². The maximum absolute atomic E-state index is 13.3. The number of carbonyl (C=O) groups excluding carboxylic acids is 2. The number of aliphatic hydroxyl groups excluding tert-OH is 1. The van der Waals surface area contributed by atoms with E-state index in [1.54, 1.807) is 42.5 Å². The molecule has 4 rings (SSSR count). The van der Waals surface area contributed by atoms with Gasteiger partial charge in [0.1, 0.15) is 18.1 Å². The Bertz CT molecular complexity index is 1400. The van der Waals surface area contributed by atoms with Gasteiger partial charge in [-0.15, -0.1) is 0 Å². The van der Waals surface area contributed by atoms with Crippen molar-refractivity contribution in [2.45, 2.75) is 39.3 Å². The zero-order chi connectivity index (χ0) is 29.4. The quantitative estimate of drug-likeness (QED) is 0.122. The fourth-order valence-electron chi connectivity index (χ4n) is 4.78. The topological polar surface area (TPSA) is 94.5 Å². The van der Waals surface area contributed by atoms with Gasteiger partial charge in [0.05, 0.1) is 31.9 Å². The number of ether oxygens (including phenoxy) is 4. The van der Waals surface area contributed by atoms with Crippen molar-refractivity contribution in [1.29, 1.82) is 0 Å². The van der Waals surface area contributed by atoms with Crippen molar-refractivity contribution in [1.82, 2.24) is 4.90 Å². The van der Waals surface area contributed by atoms with E-state index < -0.39 is 17.7 Å². The lowest BCUT2D eigenvalue weighted by molar-refractivity contribution is -0.140. The first-order valence-electron chi connectivity index (χ1n) is 13.7. The molecule has 41 heavy (non-hydrogen) atoms. The number of Topliss-reactive ketones (excluding diaryl/α,β-unsaturated/α-hetero) is 1. The second-order valence-electron chi connectivity index (χ2n) is 9.90. The Hall–Kier alpha value is -4.30. The number of ketones is 1. The highest BCUT2D eigenvalue weighted by molar-refractivity contribution is 6.46. The number of aliphatic hydroxyl groups is 1. The minimum absolute atomic E-state index is 0.00115. The third-order valence-corrected chi connectivity index (χ3v) is 6.95.